The number of aromatic hydroxyl groups is 1. The lowest BCUT2D eigenvalue weighted by molar-refractivity contribution is 0.0935. The van der Waals surface area contributed by atoms with Gasteiger partial charge < -0.3 is 20.5 Å². The predicted molar refractivity (Wildman–Crippen MR) is 126 cm³/mol. The van der Waals surface area contributed by atoms with Gasteiger partial charge in [0.25, 0.3) is 5.91 Å². The summed E-state index contributed by atoms with van der Waals surface area (Å²) in [5.41, 5.74) is 2.12. The molecule has 0 saturated heterocycles. The van der Waals surface area contributed by atoms with Crippen molar-refractivity contribution in [2.75, 3.05) is 11.9 Å². The summed E-state index contributed by atoms with van der Waals surface area (Å²) in [7, 11) is 0. The average Bonchev–Trinajstić information content (AvgIpc) is 2.78. The van der Waals surface area contributed by atoms with Gasteiger partial charge in [-0.05, 0) is 42.3 Å². The maximum atomic E-state index is 12.3. The van der Waals surface area contributed by atoms with Gasteiger partial charge in [0.1, 0.15) is 17.7 Å². The Bertz CT molecular complexity index is 820. The van der Waals surface area contributed by atoms with Crippen LogP contribution in [0.5, 0.6) is 11.5 Å². The predicted octanol–water partition coefficient (Wildman–Crippen LogP) is 6.55. The number of ether oxygens (including phenoxy) is 1. The molecule has 1 heterocycles. The van der Waals surface area contributed by atoms with Crippen molar-refractivity contribution in [3.8, 4) is 11.5 Å². The van der Waals surface area contributed by atoms with E-state index < -0.39 is 0 Å². The summed E-state index contributed by atoms with van der Waals surface area (Å²) in [5, 5.41) is 15.8. The van der Waals surface area contributed by atoms with E-state index in [1.165, 1.54) is 63.9 Å². The lowest BCUT2D eigenvalue weighted by Gasteiger charge is -2.28. The van der Waals surface area contributed by atoms with Gasteiger partial charge in [0.05, 0.1) is 12.2 Å². The molecule has 0 fully saturated rings. The Morgan fingerprint density at radius 3 is 2.16 bits per heavy atom. The first-order valence-corrected chi connectivity index (χ1v) is 11.8. The molecule has 5 nitrogen and oxygen atoms in total. The Morgan fingerprint density at radius 2 is 1.48 bits per heavy atom. The lowest BCUT2D eigenvalue weighted by Crippen LogP contribution is -2.38. The number of carbonyl (C=O) groups is 1. The Balaban J connectivity index is 1.34. The van der Waals surface area contributed by atoms with Crippen LogP contribution >= 0.6 is 0 Å². The van der Waals surface area contributed by atoms with Crippen LogP contribution in [0.2, 0.25) is 0 Å². The summed E-state index contributed by atoms with van der Waals surface area (Å²) >= 11 is 0. The third-order valence-electron chi connectivity index (χ3n) is 5.80. The summed E-state index contributed by atoms with van der Waals surface area (Å²) < 4.78 is 5.88. The highest BCUT2D eigenvalue weighted by atomic mass is 16.5. The third-order valence-corrected chi connectivity index (χ3v) is 5.80. The van der Waals surface area contributed by atoms with Crippen LogP contribution in [-0.4, -0.2) is 17.6 Å². The van der Waals surface area contributed by atoms with Gasteiger partial charge in [-0.25, -0.2) is 0 Å². The number of hydrogen-bond donors (Lipinski definition) is 3. The molecule has 5 heteroatoms. The zero-order chi connectivity index (χ0) is 21.9. The highest BCUT2D eigenvalue weighted by molar-refractivity contribution is 6.02. The minimum absolute atomic E-state index is 0.0815. The Kier molecular flexibility index (Phi) is 9.07. The van der Waals surface area contributed by atoms with Gasteiger partial charge in [0.15, 0.2) is 0 Å². The van der Waals surface area contributed by atoms with Crippen LogP contribution in [-0.2, 0) is 0 Å². The van der Waals surface area contributed by atoms with Crippen molar-refractivity contribution in [1.82, 2.24) is 5.32 Å². The van der Waals surface area contributed by atoms with E-state index in [1.54, 1.807) is 12.1 Å². The molecule has 2 aromatic rings. The fraction of sp³-hybridized carbons (Fsp3) is 0.500. The summed E-state index contributed by atoms with van der Waals surface area (Å²) in [4.78, 5) is 12.3. The number of benzene rings is 2. The zero-order valence-corrected chi connectivity index (χ0v) is 18.7. The first-order valence-electron chi connectivity index (χ1n) is 11.8. The second kappa shape index (κ2) is 12.2. The van der Waals surface area contributed by atoms with Crippen molar-refractivity contribution < 1.29 is 14.6 Å². The minimum atomic E-state index is -0.305. The molecule has 0 radical (unpaired) electrons. The summed E-state index contributed by atoms with van der Waals surface area (Å²) in [5.74, 6) is 0.737. The van der Waals surface area contributed by atoms with Crippen LogP contribution < -0.4 is 15.4 Å². The second-order valence-electron chi connectivity index (χ2n) is 8.38. The minimum Gasteiger partial charge on any atom is -0.508 e. The van der Waals surface area contributed by atoms with Crippen molar-refractivity contribution in [3.63, 3.8) is 0 Å². The molecule has 0 aliphatic carbocycles. The molecule has 1 amide bonds. The highest BCUT2D eigenvalue weighted by Gasteiger charge is 2.24. The molecule has 1 unspecified atom stereocenters. The second-order valence-corrected chi connectivity index (χ2v) is 8.38. The number of amides is 1. The molecule has 0 saturated carbocycles. The normalized spacial score (nSPS) is 15.1. The molecule has 31 heavy (non-hydrogen) atoms. The number of nitrogens with one attached hydrogen (secondary N) is 2. The van der Waals surface area contributed by atoms with E-state index >= 15 is 0 Å². The summed E-state index contributed by atoms with van der Waals surface area (Å²) in [6.45, 7) is 3.00. The van der Waals surface area contributed by atoms with Crippen LogP contribution in [0.25, 0.3) is 0 Å². The zero-order valence-electron chi connectivity index (χ0n) is 18.7. The van der Waals surface area contributed by atoms with Crippen LogP contribution in [0.15, 0.2) is 42.5 Å². The monoisotopic (exact) mass is 424 g/mol. The molecule has 1 aliphatic heterocycles. The van der Waals surface area contributed by atoms with Crippen LogP contribution in [0.3, 0.4) is 0 Å². The maximum absolute atomic E-state index is 12.3. The molecule has 3 N–H and O–H groups in total. The van der Waals surface area contributed by atoms with E-state index in [0.29, 0.717) is 11.3 Å². The van der Waals surface area contributed by atoms with Gasteiger partial charge in [0.2, 0.25) is 0 Å². The average molecular weight is 425 g/mol. The fourth-order valence-electron chi connectivity index (χ4n) is 3.95. The number of carbonyl (C=O) groups excluding carboxylic acids is 1. The lowest BCUT2D eigenvalue weighted by atomic mass is 10.1. The number of phenolic OH excluding ortho intramolecular Hbond substituents is 1. The molecule has 3 rings (SSSR count). The molecule has 2 aromatic carbocycles. The standard InChI is InChI=1S/C26H36N2O3/c1-2-3-4-5-6-7-8-9-10-11-18-31-22-15-12-20(13-16-22)25-27-24-17-14-21(29)19-23(24)26(30)28-25/h12-17,19,25,27,29H,2-11,18H2,1H3,(H,28,30). The van der Waals surface area contributed by atoms with Crippen molar-refractivity contribution in [3.05, 3.63) is 53.6 Å². The molecule has 0 bridgehead atoms. The largest absolute Gasteiger partial charge is 0.508 e. The molecular formula is C26H36N2O3. The SMILES string of the molecule is CCCCCCCCCCCCOc1ccc(C2NC(=O)c3cc(O)ccc3N2)cc1. The molecule has 0 spiro atoms. The van der Waals surface area contributed by atoms with Gasteiger partial charge in [0, 0.05) is 5.69 Å². The van der Waals surface area contributed by atoms with Crippen LogP contribution in [0.4, 0.5) is 5.69 Å². The van der Waals surface area contributed by atoms with Crippen molar-refractivity contribution in [2.24, 2.45) is 0 Å². The number of fused-ring (bicyclic) bond motifs is 1. The Hall–Kier alpha value is -2.69. The summed E-state index contributed by atoms with van der Waals surface area (Å²) in [6.07, 6.45) is 12.9. The van der Waals surface area contributed by atoms with E-state index in [9.17, 15) is 9.90 Å². The van der Waals surface area contributed by atoms with E-state index in [4.69, 9.17) is 4.74 Å². The van der Waals surface area contributed by atoms with Gasteiger partial charge in [-0.15, -0.1) is 0 Å². The topological polar surface area (TPSA) is 70.6 Å². The molecular weight excluding hydrogens is 388 g/mol. The summed E-state index contributed by atoms with van der Waals surface area (Å²) in [6, 6.07) is 12.6. The third kappa shape index (κ3) is 7.20. The Labute approximate surface area is 186 Å². The van der Waals surface area contributed by atoms with E-state index in [-0.39, 0.29) is 17.8 Å². The van der Waals surface area contributed by atoms with Crippen molar-refractivity contribution in [1.29, 1.82) is 0 Å². The smallest absolute Gasteiger partial charge is 0.255 e. The molecule has 168 valence electrons. The number of rotatable bonds is 13. The number of anilines is 1. The number of unbranched alkanes of at least 4 members (excludes halogenated alkanes) is 9. The fourth-order valence-corrected chi connectivity index (χ4v) is 3.95. The molecule has 1 aliphatic rings. The van der Waals surface area contributed by atoms with Crippen LogP contribution in [0, 0.1) is 0 Å². The van der Waals surface area contributed by atoms with Gasteiger partial charge in [-0.3, -0.25) is 4.79 Å². The van der Waals surface area contributed by atoms with Gasteiger partial charge in [-0.2, -0.15) is 0 Å². The Morgan fingerprint density at radius 1 is 0.839 bits per heavy atom. The van der Waals surface area contributed by atoms with E-state index in [0.717, 1.165) is 24.3 Å². The quantitative estimate of drug-likeness (QED) is 0.252. The first kappa shape index (κ1) is 23.0. The van der Waals surface area contributed by atoms with Gasteiger partial charge in [-0.1, -0.05) is 76.8 Å². The molecule has 0 aromatic heterocycles. The number of phenols is 1. The van der Waals surface area contributed by atoms with Crippen LogP contribution in [0.1, 0.15) is 93.2 Å². The highest BCUT2D eigenvalue weighted by Crippen LogP contribution is 2.29. The first-order chi connectivity index (χ1) is 15.2. The van der Waals surface area contributed by atoms with E-state index in [1.807, 2.05) is 24.3 Å². The van der Waals surface area contributed by atoms with Crippen molar-refractivity contribution >= 4 is 11.6 Å². The van der Waals surface area contributed by atoms with E-state index in [2.05, 4.69) is 17.6 Å². The van der Waals surface area contributed by atoms with Gasteiger partial charge >= 0.3 is 0 Å². The maximum Gasteiger partial charge on any atom is 0.255 e. The molecule has 1 atom stereocenters. The van der Waals surface area contributed by atoms with Crippen molar-refractivity contribution in [2.45, 2.75) is 77.3 Å². The number of hydrogen-bond acceptors (Lipinski definition) is 4.